The van der Waals surface area contributed by atoms with Gasteiger partial charge in [-0.3, -0.25) is 14.6 Å². The first-order chi connectivity index (χ1) is 18.4. The number of carbonyl (C=O) groups is 2. The van der Waals surface area contributed by atoms with E-state index in [0.29, 0.717) is 37.5 Å². The summed E-state index contributed by atoms with van der Waals surface area (Å²) < 4.78 is 7.81. The third-order valence-corrected chi connectivity index (χ3v) is 7.20. The largest absolute Gasteiger partial charge is 0.493 e. The molecule has 1 aliphatic carbocycles. The number of carbonyl (C=O) groups excluding carboxylic acids is 2. The molecule has 0 bridgehead atoms. The lowest BCUT2D eigenvalue weighted by Crippen LogP contribution is -2.50. The molecule has 0 saturated heterocycles. The second-order valence-corrected chi connectivity index (χ2v) is 10.5. The molecule has 2 N–H and O–H groups in total. The smallest absolute Gasteiger partial charge is 0.268 e. The zero-order valence-electron chi connectivity index (χ0n) is 22.4. The average molecular weight is 516 g/mol. The number of fused-ring (bicyclic) bond motifs is 1. The summed E-state index contributed by atoms with van der Waals surface area (Å²) in [6.07, 6.45) is 6.42. The lowest BCUT2D eigenvalue weighted by Gasteiger charge is -2.32. The fourth-order valence-corrected chi connectivity index (χ4v) is 5.19. The van der Waals surface area contributed by atoms with Crippen molar-refractivity contribution in [2.24, 2.45) is 18.9 Å². The summed E-state index contributed by atoms with van der Waals surface area (Å²) in [6, 6.07) is 14.9. The van der Waals surface area contributed by atoms with Gasteiger partial charge in [-0.15, -0.1) is 0 Å². The van der Waals surface area contributed by atoms with Gasteiger partial charge in [-0.1, -0.05) is 32.8 Å². The molecule has 2 amide bonds. The van der Waals surface area contributed by atoms with Gasteiger partial charge in [0.1, 0.15) is 17.5 Å². The van der Waals surface area contributed by atoms with Crippen LogP contribution in [0.4, 0.5) is 0 Å². The van der Waals surface area contributed by atoms with Crippen LogP contribution in [0, 0.1) is 23.2 Å². The Labute approximate surface area is 224 Å². The maximum atomic E-state index is 13.4. The molecule has 3 unspecified atom stereocenters. The molecule has 1 fully saturated rings. The van der Waals surface area contributed by atoms with Gasteiger partial charge in [0.25, 0.3) is 5.91 Å². The Morgan fingerprint density at radius 1 is 1.18 bits per heavy atom. The molecule has 200 valence electrons. The Morgan fingerprint density at radius 3 is 2.74 bits per heavy atom. The lowest BCUT2D eigenvalue weighted by molar-refractivity contribution is -0.127. The highest BCUT2D eigenvalue weighted by molar-refractivity contribution is 5.99. The number of rotatable bonds is 10. The van der Waals surface area contributed by atoms with Crippen LogP contribution in [0.1, 0.15) is 62.1 Å². The van der Waals surface area contributed by atoms with Gasteiger partial charge in [-0.25, -0.2) is 0 Å². The maximum absolute atomic E-state index is 13.4. The summed E-state index contributed by atoms with van der Waals surface area (Å²) in [5, 5.41) is 16.4. The Bertz CT molecular complexity index is 1290. The number of nitriles is 1. The highest BCUT2D eigenvalue weighted by atomic mass is 16.5. The second kappa shape index (κ2) is 12.6. The number of ether oxygens (including phenoxy) is 1. The minimum absolute atomic E-state index is 0.147. The van der Waals surface area contributed by atoms with Crippen LogP contribution in [-0.4, -0.2) is 40.1 Å². The Balaban J connectivity index is 1.42. The van der Waals surface area contributed by atoms with Crippen molar-refractivity contribution in [3.8, 4) is 11.8 Å². The van der Waals surface area contributed by atoms with Crippen molar-refractivity contribution in [1.82, 2.24) is 20.2 Å². The normalized spacial score (nSPS) is 18.1. The second-order valence-electron chi connectivity index (χ2n) is 10.5. The Kier molecular flexibility index (Phi) is 9.01. The molecule has 1 aliphatic rings. The highest BCUT2D eigenvalue weighted by Gasteiger charge is 2.33. The van der Waals surface area contributed by atoms with E-state index in [1.807, 2.05) is 67.9 Å². The van der Waals surface area contributed by atoms with Crippen LogP contribution >= 0.6 is 0 Å². The molecule has 4 rings (SSSR count). The molecule has 3 aromatic rings. The summed E-state index contributed by atoms with van der Waals surface area (Å²) in [7, 11) is 1.86. The SMILES string of the molecule is CC(C)CC(C#N)NC(=O)C1CCCCC1NC(=O)c1cc2ccc(OCCc3ccccn3)cc2n1C. The summed E-state index contributed by atoms with van der Waals surface area (Å²) in [4.78, 5) is 30.7. The van der Waals surface area contributed by atoms with E-state index < -0.39 is 6.04 Å². The first kappa shape index (κ1) is 27.2. The van der Waals surface area contributed by atoms with Gasteiger partial charge in [-0.2, -0.15) is 5.26 Å². The molecule has 0 aliphatic heterocycles. The van der Waals surface area contributed by atoms with E-state index in [1.165, 1.54) is 0 Å². The lowest BCUT2D eigenvalue weighted by atomic mass is 9.83. The van der Waals surface area contributed by atoms with Crippen molar-refractivity contribution >= 4 is 22.7 Å². The molecule has 2 heterocycles. The van der Waals surface area contributed by atoms with E-state index in [-0.39, 0.29) is 23.8 Å². The van der Waals surface area contributed by atoms with Crippen LogP contribution in [0.3, 0.4) is 0 Å². The number of benzene rings is 1. The number of hydrogen-bond donors (Lipinski definition) is 2. The molecular formula is C30H37N5O3. The summed E-state index contributed by atoms with van der Waals surface area (Å²) >= 11 is 0. The van der Waals surface area contributed by atoms with Gasteiger partial charge in [0.2, 0.25) is 5.91 Å². The summed E-state index contributed by atoms with van der Waals surface area (Å²) in [5.41, 5.74) is 2.41. The third kappa shape index (κ3) is 6.71. The highest BCUT2D eigenvalue weighted by Crippen LogP contribution is 2.27. The predicted molar refractivity (Wildman–Crippen MR) is 147 cm³/mol. The topological polar surface area (TPSA) is 109 Å². The van der Waals surface area contributed by atoms with Crippen molar-refractivity contribution < 1.29 is 14.3 Å². The van der Waals surface area contributed by atoms with Crippen LogP contribution in [0.15, 0.2) is 48.7 Å². The molecule has 0 spiro atoms. The molecule has 2 aromatic heterocycles. The van der Waals surface area contributed by atoms with Crippen molar-refractivity contribution in [3.05, 3.63) is 60.0 Å². The number of nitrogens with one attached hydrogen (secondary N) is 2. The first-order valence-electron chi connectivity index (χ1n) is 13.5. The van der Waals surface area contributed by atoms with E-state index in [2.05, 4.69) is 21.7 Å². The predicted octanol–water partition coefficient (Wildman–Crippen LogP) is 4.54. The molecule has 8 heteroatoms. The molecule has 3 atom stereocenters. The van der Waals surface area contributed by atoms with Crippen molar-refractivity contribution in [3.63, 3.8) is 0 Å². The minimum Gasteiger partial charge on any atom is -0.493 e. The first-order valence-corrected chi connectivity index (χ1v) is 13.5. The van der Waals surface area contributed by atoms with Crippen LogP contribution in [0.2, 0.25) is 0 Å². The fourth-order valence-electron chi connectivity index (χ4n) is 5.19. The maximum Gasteiger partial charge on any atom is 0.268 e. The quantitative estimate of drug-likeness (QED) is 0.412. The standard InChI is InChI=1S/C30H37N5O3/c1-20(2)16-23(19-31)33-29(36)25-9-4-5-10-26(25)34-30(37)28-17-21-11-12-24(18-27(21)35(28)3)38-15-13-22-8-6-7-14-32-22/h6-8,11-12,14,17-18,20,23,25-26H,4-5,9-10,13,15-16H2,1-3H3,(H,33,36)(H,34,37). The molecule has 0 radical (unpaired) electrons. The zero-order valence-corrected chi connectivity index (χ0v) is 22.4. The number of nitrogens with zero attached hydrogens (tertiary/aromatic N) is 3. The van der Waals surface area contributed by atoms with Crippen molar-refractivity contribution in [2.45, 2.75) is 64.5 Å². The number of hydrogen-bond acceptors (Lipinski definition) is 5. The average Bonchev–Trinajstić information content (AvgIpc) is 3.24. The van der Waals surface area contributed by atoms with Crippen molar-refractivity contribution in [2.75, 3.05) is 6.61 Å². The van der Waals surface area contributed by atoms with Gasteiger partial charge in [0.05, 0.1) is 24.1 Å². The zero-order chi connectivity index (χ0) is 27.1. The van der Waals surface area contributed by atoms with Crippen LogP contribution in [-0.2, 0) is 18.3 Å². The van der Waals surface area contributed by atoms with E-state index in [1.54, 1.807) is 6.20 Å². The van der Waals surface area contributed by atoms with Gasteiger partial charge in [0, 0.05) is 42.9 Å². The van der Waals surface area contributed by atoms with Crippen molar-refractivity contribution in [1.29, 1.82) is 5.26 Å². The fraction of sp³-hybridized carbons (Fsp3) is 0.467. The monoisotopic (exact) mass is 515 g/mol. The van der Waals surface area contributed by atoms with Gasteiger partial charge in [-0.05, 0) is 55.5 Å². The van der Waals surface area contributed by atoms with E-state index in [0.717, 1.165) is 41.6 Å². The van der Waals surface area contributed by atoms with Crippen LogP contribution < -0.4 is 15.4 Å². The minimum atomic E-state index is -0.515. The van der Waals surface area contributed by atoms with E-state index in [4.69, 9.17) is 4.74 Å². The van der Waals surface area contributed by atoms with Gasteiger partial charge in [0.15, 0.2) is 0 Å². The molecular weight excluding hydrogens is 478 g/mol. The summed E-state index contributed by atoms with van der Waals surface area (Å²) in [5.74, 6) is 0.348. The number of aryl methyl sites for hydroxylation is 1. The molecule has 8 nitrogen and oxygen atoms in total. The molecule has 1 saturated carbocycles. The van der Waals surface area contributed by atoms with Gasteiger partial charge >= 0.3 is 0 Å². The third-order valence-electron chi connectivity index (χ3n) is 7.20. The number of aromatic nitrogens is 2. The molecule has 38 heavy (non-hydrogen) atoms. The molecule has 1 aromatic carbocycles. The Hall–Kier alpha value is -3.86. The van der Waals surface area contributed by atoms with Gasteiger partial charge < -0.3 is 19.9 Å². The van der Waals surface area contributed by atoms with E-state index in [9.17, 15) is 14.9 Å². The Morgan fingerprint density at radius 2 is 2.00 bits per heavy atom. The summed E-state index contributed by atoms with van der Waals surface area (Å²) in [6.45, 7) is 4.57. The number of pyridine rings is 1. The van der Waals surface area contributed by atoms with Crippen LogP contribution in [0.25, 0.3) is 10.9 Å². The number of amides is 2. The van der Waals surface area contributed by atoms with E-state index >= 15 is 0 Å². The van der Waals surface area contributed by atoms with Crippen LogP contribution in [0.5, 0.6) is 5.75 Å².